The molecule has 19 heavy (non-hydrogen) atoms. The van der Waals surface area contributed by atoms with Crippen molar-refractivity contribution in [2.45, 2.75) is 19.8 Å². The van der Waals surface area contributed by atoms with Gasteiger partial charge in [-0.25, -0.2) is 4.79 Å². The topological polar surface area (TPSA) is 68.1 Å². The van der Waals surface area contributed by atoms with Gasteiger partial charge >= 0.3 is 5.97 Å². The molecule has 1 aliphatic rings. The van der Waals surface area contributed by atoms with Gasteiger partial charge in [0.1, 0.15) is 11.5 Å². The SMILES string of the molecule is COc1cc(O)c(C(=NOC(C)=O)C2CC2)c(Cl)c1. The number of benzene rings is 1. The summed E-state index contributed by atoms with van der Waals surface area (Å²) in [5.41, 5.74) is 0.895. The molecular weight excluding hydrogens is 270 g/mol. The van der Waals surface area contributed by atoms with E-state index >= 15 is 0 Å². The fourth-order valence-corrected chi connectivity index (χ4v) is 2.04. The lowest BCUT2D eigenvalue weighted by molar-refractivity contribution is -0.140. The highest BCUT2D eigenvalue weighted by Gasteiger charge is 2.32. The molecule has 0 aliphatic heterocycles. The molecule has 1 aromatic carbocycles. The van der Waals surface area contributed by atoms with Crippen LogP contribution in [0.5, 0.6) is 11.5 Å². The van der Waals surface area contributed by atoms with Gasteiger partial charge in [0.2, 0.25) is 0 Å². The Bertz CT molecular complexity index is 514. The highest BCUT2D eigenvalue weighted by Crippen LogP contribution is 2.40. The number of nitrogens with zero attached hydrogens (tertiary/aromatic N) is 1. The Morgan fingerprint density at radius 3 is 2.63 bits per heavy atom. The number of oxime groups is 1. The molecule has 1 N–H and O–H groups in total. The van der Waals surface area contributed by atoms with Crippen LogP contribution < -0.4 is 4.74 Å². The van der Waals surface area contributed by atoms with Crippen LogP contribution in [-0.4, -0.2) is 23.9 Å². The first-order chi connectivity index (χ1) is 9.02. The van der Waals surface area contributed by atoms with Crippen LogP contribution in [0, 0.1) is 5.92 Å². The predicted molar refractivity (Wildman–Crippen MR) is 70.7 cm³/mol. The number of rotatable bonds is 4. The van der Waals surface area contributed by atoms with E-state index in [1.807, 2.05) is 0 Å². The van der Waals surface area contributed by atoms with Crippen LogP contribution in [0.25, 0.3) is 0 Å². The van der Waals surface area contributed by atoms with Crippen LogP contribution in [0.15, 0.2) is 17.3 Å². The van der Waals surface area contributed by atoms with Gasteiger partial charge < -0.3 is 14.7 Å². The van der Waals surface area contributed by atoms with Crippen molar-refractivity contribution in [3.63, 3.8) is 0 Å². The summed E-state index contributed by atoms with van der Waals surface area (Å²) in [5, 5.41) is 14.2. The minimum atomic E-state index is -0.512. The molecule has 0 radical (unpaired) electrons. The third-order valence-corrected chi connectivity index (χ3v) is 3.07. The number of carbonyl (C=O) groups is 1. The molecule has 0 heterocycles. The largest absolute Gasteiger partial charge is 0.507 e. The van der Waals surface area contributed by atoms with Crippen molar-refractivity contribution in [2.24, 2.45) is 11.1 Å². The summed E-state index contributed by atoms with van der Waals surface area (Å²) >= 11 is 6.13. The van der Waals surface area contributed by atoms with Crippen molar-refractivity contribution in [1.29, 1.82) is 0 Å². The van der Waals surface area contributed by atoms with E-state index in [1.165, 1.54) is 20.1 Å². The van der Waals surface area contributed by atoms with E-state index < -0.39 is 5.97 Å². The Kier molecular flexibility index (Phi) is 3.95. The molecule has 0 atom stereocenters. The first-order valence-electron chi connectivity index (χ1n) is 5.85. The van der Waals surface area contributed by atoms with Crippen LogP contribution in [0.1, 0.15) is 25.3 Å². The lowest BCUT2D eigenvalue weighted by atomic mass is 10.0. The minimum Gasteiger partial charge on any atom is -0.507 e. The first kappa shape index (κ1) is 13.7. The summed E-state index contributed by atoms with van der Waals surface area (Å²) in [4.78, 5) is 15.5. The van der Waals surface area contributed by atoms with E-state index in [9.17, 15) is 9.90 Å². The lowest BCUT2D eigenvalue weighted by Gasteiger charge is -2.11. The van der Waals surface area contributed by atoms with Crippen LogP contribution in [0.2, 0.25) is 5.02 Å². The third kappa shape index (κ3) is 3.17. The zero-order valence-electron chi connectivity index (χ0n) is 10.6. The summed E-state index contributed by atoms with van der Waals surface area (Å²) in [6.45, 7) is 1.27. The van der Waals surface area contributed by atoms with Gasteiger partial charge in [-0.05, 0) is 18.9 Å². The predicted octanol–water partition coefficient (Wildman–Crippen LogP) is 2.73. The molecule has 1 saturated carbocycles. The number of halogens is 1. The molecular formula is C13H14ClNO4. The quantitative estimate of drug-likeness (QED) is 0.524. The Morgan fingerprint density at radius 2 is 2.16 bits per heavy atom. The molecule has 5 nitrogen and oxygen atoms in total. The maximum atomic E-state index is 10.8. The van der Waals surface area contributed by atoms with Crippen molar-refractivity contribution in [3.05, 3.63) is 22.7 Å². The van der Waals surface area contributed by atoms with Gasteiger partial charge in [0.15, 0.2) is 0 Å². The van der Waals surface area contributed by atoms with E-state index in [2.05, 4.69) is 9.99 Å². The number of carbonyl (C=O) groups excluding carboxylic acids is 1. The van der Waals surface area contributed by atoms with E-state index in [0.29, 0.717) is 22.0 Å². The monoisotopic (exact) mass is 283 g/mol. The van der Waals surface area contributed by atoms with Crippen molar-refractivity contribution >= 4 is 23.3 Å². The van der Waals surface area contributed by atoms with Gasteiger partial charge in [0.05, 0.1) is 23.4 Å². The van der Waals surface area contributed by atoms with Crippen LogP contribution in [-0.2, 0) is 9.63 Å². The number of aromatic hydroxyl groups is 1. The summed E-state index contributed by atoms with van der Waals surface area (Å²) in [6, 6.07) is 3.04. The van der Waals surface area contributed by atoms with Crippen LogP contribution >= 0.6 is 11.6 Å². The zero-order valence-corrected chi connectivity index (χ0v) is 11.4. The molecule has 0 amide bonds. The summed E-state index contributed by atoms with van der Waals surface area (Å²) in [7, 11) is 1.49. The number of hydrogen-bond acceptors (Lipinski definition) is 5. The first-order valence-corrected chi connectivity index (χ1v) is 6.23. The Balaban J connectivity index is 2.42. The van der Waals surface area contributed by atoms with Crippen molar-refractivity contribution in [2.75, 3.05) is 7.11 Å². The third-order valence-electron chi connectivity index (χ3n) is 2.77. The second kappa shape index (κ2) is 5.48. The number of hydrogen-bond donors (Lipinski definition) is 1. The highest BCUT2D eigenvalue weighted by atomic mass is 35.5. The van der Waals surface area contributed by atoms with Gasteiger partial charge in [-0.3, -0.25) is 0 Å². The molecule has 1 fully saturated rings. The Hall–Kier alpha value is -1.75. The fraction of sp³-hybridized carbons (Fsp3) is 0.385. The fourth-order valence-electron chi connectivity index (χ4n) is 1.73. The molecule has 102 valence electrons. The molecule has 0 spiro atoms. The molecule has 0 unspecified atom stereocenters. The smallest absolute Gasteiger partial charge is 0.331 e. The number of ether oxygens (including phenoxy) is 1. The second-order valence-corrected chi connectivity index (χ2v) is 4.74. The van der Waals surface area contributed by atoms with Gasteiger partial charge in [-0.15, -0.1) is 0 Å². The maximum absolute atomic E-state index is 10.8. The van der Waals surface area contributed by atoms with Gasteiger partial charge in [-0.1, -0.05) is 16.8 Å². The molecule has 0 bridgehead atoms. The molecule has 6 heteroatoms. The maximum Gasteiger partial charge on any atom is 0.331 e. The number of phenols is 1. The normalized spacial score (nSPS) is 15.2. The average Bonchev–Trinajstić information content (AvgIpc) is 3.15. The van der Waals surface area contributed by atoms with Crippen LogP contribution in [0.4, 0.5) is 0 Å². The zero-order chi connectivity index (χ0) is 14.0. The second-order valence-electron chi connectivity index (χ2n) is 4.34. The van der Waals surface area contributed by atoms with Crippen molar-refractivity contribution < 1.29 is 19.5 Å². The molecule has 1 aliphatic carbocycles. The van der Waals surface area contributed by atoms with Gasteiger partial charge in [0.25, 0.3) is 0 Å². The van der Waals surface area contributed by atoms with Crippen LogP contribution in [0.3, 0.4) is 0 Å². The molecule has 0 saturated heterocycles. The lowest BCUT2D eigenvalue weighted by Crippen LogP contribution is -2.08. The Morgan fingerprint density at radius 1 is 1.47 bits per heavy atom. The summed E-state index contributed by atoms with van der Waals surface area (Å²) < 4.78 is 5.02. The van der Waals surface area contributed by atoms with Gasteiger partial charge in [-0.2, -0.15) is 0 Å². The van der Waals surface area contributed by atoms with E-state index in [4.69, 9.17) is 16.3 Å². The van der Waals surface area contributed by atoms with E-state index in [-0.39, 0.29) is 11.7 Å². The van der Waals surface area contributed by atoms with E-state index in [1.54, 1.807) is 6.07 Å². The average molecular weight is 284 g/mol. The van der Waals surface area contributed by atoms with E-state index in [0.717, 1.165) is 12.8 Å². The van der Waals surface area contributed by atoms with Gasteiger partial charge in [0, 0.05) is 18.9 Å². The molecule has 0 aromatic heterocycles. The summed E-state index contributed by atoms with van der Waals surface area (Å²) in [5.74, 6) is 0.0643. The standard InChI is InChI=1S/C13H14ClNO4/c1-7(16)19-15-13(8-3-4-8)12-10(14)5-9(18-2)6-11(12)17/h5-6,8,17H,3-4H2,1-2H3. The highest BCUT2D eigenvalue weighted by molar-refractivity contribution is 6.35. The number of phenolic OH excluding ortho intramolecular Hbond substituents is 1. The molecule has 1 aromatic rings. The molecule has 2 rings (SSSR count). The van der Waals surface area contributed by atoms with Crippen molar-refractivity contribution in [3.8, 4) is 11.5 Å². The summed E-state index contributed by atoms with van der Waals surface area (Å²) in [6.07, 6.45) is 1.86. The number of methoxy groups -OCH3 is 1. The Labute approximate surface area is 115 Å². The van der Waals surface area contributed by atoms with Crippen molar-refractivity contribution in [1.82, 2.24) is 0 Å². The minimum absolute atomic E-state index is 0.0397.